The highest BCUT2D eigenvalue weighted by atomic mass is 16.5. The molecule has 2 N–H and O–H groups in total. The molecule has 1 aliphatic heterocycles. The molecule has 1 fully saturated rings. The first-order valence-electron chi connectivity index (χ1n) is 8.09. The molecule has 1 aromatic carbocycles. The zero-order valence-corrected chi connectivity index (χ0v) is 13.2. The molecule has 0 radical (unpaired) electrons. The van der Waals surface area contributed by atoms with Crippen LogP contribution in [-0.4, -0.2) is 38.1 Å². The minimum Gasteiger partial charge on any atom is -0.462 e. The zero-order valence-electron chi connectivity index (χ0n) is 13.2. The number of quaternary nitrogens is 1. The number of nitrogens with one attached hydrogen (secondary N) is 2. The average Bonchev–Trinajstić information content (AvgIpc) is 2.54. The van der Waals surface area contributed by atoms with Crippen LogP contribution >= 0.6 is 0 Å². The van der Waals surface area contributed by atoms with E-state index >= 15 is 0 Å². The molecule has 0 aliphatic carbocycles. The Kier molecular flexibility index (Phi) is 6.40. The minimum absolute atomic E-state index is 0.0261. The molecule has 1 aliphatic rings. The summed E-state index contributed by atoms with van der Waals surface area (Å²) in [7, 11) is 0. The van der Waals surface area contributed by atoms with E-state index in [1.54, 1.807) is 24.3 Å². The molecule has 0 bridgehead atoms. The van der Waals surface area contributed by atoms with Gasteiger partial charge in [-0.05, 0) is 49.9 Å². The lowest BCUT2D eigenvalue weighted by molar-refractivity contribution is -0.896. The van der Waals surface area contributed by atoms with Gasteiger partial charge in [-0.15, -0.1) is 0 Å². The van der Waals surface area contributed by atoms with Crippen molar-refractivity contribution in [3.8, 4) is 0 Å². The van der Waals surface area contributed by atoms with Gasteiger partial charge < -0.3 is 15.0 Å². The molecule has 0 aromatic heterocycles. The Morgan fingerprint density at radius 2 is 1.82 bits per heavy atom. The molecule has 0 unspecified atom stereocenters. The highest BCUT2D eigenvalue weighted by Crippen LogP contribution is 2.10. The number of carbonyl (C=O) groups excluding carboxylic acids is 2. The summed E-state index contributed by atoms with van der Waals surface area (Å²) in [6, 6.07) is 6.85. The second-order valence-electron chi connectivity index (χ2n) is 5.75. The average molecular weight is 305 g/mol. The Bertz CT molecular complexity index is 493. The number of anilines is 1. The molecule has 0 atom stereocenters. The maximum absolute atomic E-state index is 12.0. The Morgan fingerprint density at radius 1 is 1.14 bits per heavy atom. The lowest BCUT2D eigenvalue weighted by Gasteiger charge is -2.22. The number of hydrogen-bond donors (Lipinski definition) is 2. The van der Waals surface area contributed by atoms with Gasteiger partial charge in [-0.1, -0.05) is 6.92 Å². The largest absolute Gasteiger partial charge is 0.462 e. The Morgan fingerprint density at radius 3 is 2.45 bits per heavy atom. The standard InChI is InChI=1S/C17H24N2O3/c1-2-12-22-17(21)14-6-8-15(9-7-14)18-16(20)13-19-10-4-3-5-11-19/h6-9H,2-5,10-13H2,1H3,(H,18,20)/p+1. The van der Waals surface area contributed by atoms with Crippen LogP contribution in [0.4, 0.5) is 5.69 Å². The third-order valence-electron chi connectivity index (χ3n) is 3.81. The van der Waals surface area contributed by atoms with Gasteiger partial charge in [-0.25, -0.2) is 4.79 Å². The summed E-state index contributed by atoms with van der Waals surface area (Å²) in [4.78, 5) is 25.1. The third kappa shape index (κ3) is 5.15. The number of likely N-dealkylation sites (tertiary alicyclic amines) is 1. The molecule has 0 spiro atoms. The number of rotatable bonds is 6. The van der Waals surface area contributed by atoms with Crippen LogP contribution in [0.2, 0.25) is 0 Å². The predicted molar refractivity (Wildman–Crippen MR) is 85.1 cm³/mol. The number of amides is 1. The Labute approximate surface area is 131 Å². The number of esters is 1. The van der Waals surface area contributed by atoms with E-state index in [0.717, 1.165) is 19.5 Å². The summed E-state index contributed by atoms with van der Waals surface area (Å²) in [6.45, 7) is 5.05. The van der Waals surface area contributed by atoms with Gasteiger partial charge in [-0.3, -0.25) is 4.79 Å². The van der Waals surface area contributed by atoms with E-state index in [2.05, 4.69) is 5.32 Å². The second-order valence-corrected chi connectivity index (χ2v) is 5.75. The van der Waals surface area contributed by atoms with Crippen LogP contribution in [0.15, 0.2) is 24.3 Å². The van der Waals surface area contributed by atoms with Crippen LogP contribution in [0.1, 0.15) is 43.0 Å². The molecule has 1 amide bonds. The number of hydrogen-bond acceptors (Lipinski definition) is 3. The van der Waals surface area contributed by atoms with Crippen molar-refractivity contribution in [3.63, 3.8) is 0 Å². The van der Waals surface area contributed by atoms with Gasteiger partial charge in [-0.2, -0.15) is 0 Å². The van der Waals surface area contributed by atoms with Gasteiger partial charge in [0.1, 0.15) is 0 Å². The Balaban J connectivity index is 1.82. The van der Waals surface area contributed by atoms with Gasteiger partial charge in [0, 0.05) is 5.69 Å². The normalized spacial score (nSPS) is 15.3. The first-order valence-corrected chi connectivity index (χ1v) is 8.09. The first kappa shape index (κ1) is 16.5. The topological polar surface area (TPSA) is 59.8 Å². The van der Waals surface area contributed by atoms with Gasteiger partial charge in [0.2, 0.25) is 0 Å². The smallest absolute Gasteiger partial charge is 0.338 e. The molecule has 22 heavy (non-hydrogen) atoms. The maximum Gasteiger partial charge on any atom is 0.338 e. The van der Waals surface area contributed by atoms with E-state index in [-0.39, 0.29) is 11.9 Å². The summed E-state index contributed by atoms with van der Waals surface area (Å²) >= 11 is 0. The molecule has 1 saturated heterocycles. The monoisotopic (exact) mass is 305 g/mol. The fourth-order valence-electron chi connectivity index (χ4n) is 2.63. The fourth-order valence-corrected chi connectivity index (χ4v) is 2.63. The first-order chi connectivity index (χ1) is 10.7. The number of benzene rings is 1. The lowest BCUT2D eigenvalue weighted by atomic mass is 10.1. The predicted octanol–water partition coefficient (Wildman–Crippen LogP) is 1.26. The van der Waals surface area contributed by atoms with E-state index < -0.39 is 0 Å². The second kappa shape index (κ2) is 8.54. The summed E-state index contributed by atoms with van der Waals surface area (Å²) in [5, 5.41) is 2.89. The van der Waals surface area contributed by atoms with Gasteiger partial charge >= 0.3 is 5.97 Å². The van der Waals surface area contributed by atoms with Crippen molar-refractivity contribution in [3.05, 3.63) is 29.8 Å². The molecule has 1 aromatic rings. The van der Waals surface area contributed by atoms with Crippen molar-refractivity contribution in [1.29, 1.82) is 0 Å². The van der Waals surface area contributed by atoms with E-state index in [1.807, 2.05) is 6.92 Å². The quantitative estimate of drug-likeness (QED) is 0.778. The van der Waals surface area contributed by atoms with Gasteiger partial charge in [0.25, 0.3) is 5.91 Å². The molecular formula is C17H25N2O3+. The maximum atomic E-state index is 12.0. The lowest BCUT2D eigenvalue weighted by Crippen LogP contribution is -3.13. The molecule has 0 saturated carbocycles. The minimum atomic E-state index is -0.322. The number of carbonyl (C=O) groups is 2. The van der Waals surface area contributed by atoms with Crippen molar-refractivity contribution >= 4 is 17.6 Å². The van der Waals surface area contributed by atoms with Gasteiger partial charge in [0.05, 0.1) is 25.3 Å². The van der Waals surface area contributed by atoms with Crippen LogP contribution in [0.25, 0.3) is 0 Å². The van der Waals surface area contributed by atoms with Crippen LogP contribution in [-0.2, 0) is 9.53 Å². The zero-order chi connectivity index (χ0) is 15.8. The van der Waals surface area contributed by atoms with E-state index in [4.69, 9.17) is 4.74 Å². The van der Waals surface area contributed by atoms with Gasteiger partial charge in [0.15, 0.2) is 6.54 Å². The van der Waals surface area contributed by atoms with Crippen molar-refractivity contribution in [2.75, 3.05) is 31.6 Å². The van der Waals surface area contributed by atoms with Crippen LogP contribution in [0, 0.1) is 0 Å². The van der Waals surface area contributed by atoms with Crippen LogP contribution in [0.3, 0.4) is 0 Å². The SMILES string of the molecule is CCCOC(=O)c1ccc(NC(=O)C[NH+]2CCCCC2)cc1. The number of piperidine rings is 1. The van der Waals surface area contributed by atoms with Crippen LogP contribution in [0.5, 0.6) is 0 Å². The molecule has 120 valence electrons. The molecular weight excluding hydrogens is 280 g/mol. The van der Waals surface area contributed by atoms with Crippen molar-refractivity contribution in [1.82, 2.24) is 0 Å². The molecule has 2 rings (SSSR count). The summed E-state index contributed by atoms with van der Waals surface area (Å²) in [6.07, 6.45) is 4.49. The van der Waals surface area contributed by atoms with Crippen molar-refractivity contribution in [2.24, 2.45) is 0 Å². The van der Waals surface area contributed by atoms with E-state index in [1.165, 1.54) is 24.2 Å². The molecule has 5 nitrogen and oxygen atoms in total. The van der Waals surface area contributed by atoms with E-state index in [9.17, 15) is 9.59 Å². The summed E-state index contributed by atoms with van der Waals surface area (Å²) in [5.74, 6) is -0.296. The Hall–Kier alpha value is -1.88. The van der Waals surface area contributed by atoms with Crippen LogP contribution < -0.4 is 10.2 Å². The highest BCUT2D eigenvalue weighted by Gasteiger charge is 2.17. The summed E-state index contributed by atoms with van der Waals surface area (Å²) < 4.78 is 5.07. The van der Waals surface area contributed by atoms with Crippen molar-refractivity contribution < 1.29 is 19.2 Å². The fraction of sp³-hybridized carbons (Fsp3) is 0.529. The third-order valence-corrected chi connectivity index (χ3v) is 3.81. The highest BCUT2D eigenvalue weighted by molar-refractivity contribution is 5.93. The molecule has 5 heteroatoms. The van der Waals surface area contributed by atoms with Crippen molar-refractivity contribution in [2.45, 2.75) is 32.6 Å². The number of ether oxygens (including phenoxy) is 1. The van der Waals surface area contributed by atoms with E-state index in [0.29, 0.717) is 24.4 Å². The summed E-state index contributed by atoms with van der Waals surface area (Å²) in [5.41, 5.74) is 1.22. The molecule has 1 heterocycles.